The van der Waals surface area contributed by atoms with Crippen molar-refractivity contribution in [3.05, 3.63) is 34.3 Å². The largest absolute Gasteiger partial charge is 0.316 e. The summed E-state index contributed by atoms with van der Waals surface area (Å²) >= 11 is 8.54. The average Bonchev–Trinajstić information content (AvgIpc) is 3.18. The van der Waals surface area contributed by atoms with E-state index in [1.165, 1.54) is 10.6 Å². The zero-order chi connectivity index (χ0) is 21.8. The molecule has 1 atom stereocenters. The molecule has 0 spiro atoms. The van der Waals surface area contributed by atoms with E-state index in [0.717, 1.165) is 11.1 Å². The first-order chi connectivity index (χ1) is 13.9. The molecule has 0 N–H and O–H groups in total. The van der Waals surface area contributed by atoms with Crippen LogP contribution in [0.1, 0.15) is 32.4 Å². The summed E-state index contributed by atoms with van der Waals surface area (Å²) in [6.45, 7) is 6.03. The van der Waals surface area contributed by atoms with Crippen LogP contribution in [0.25, 0.3) is 22.3 Å². The summed E-state index contributed by atoms with van der Waals surface area (Å²) in [5.74, 6) is 0. The zero-order valence-corrected chi connectivity index (χ0v) is 20.9. The second-order valence-corrected chi connectivity index (χ2v) is 8.20. The maximum Gasteiger partial charge on any atom is 0.316 e. The van der Waals surface area contributed by atoms with Gasteiger partial charge in [-0.2, -0.15) is 10.2 Å². The molecule has 0 bridgehead atoms. The van der Waals surface area contributed by atoms with Crippen LogP contribution < -0.4 is 0 Å². The van der Waals surface area contributed by atoms with Crippen LogP contribution in [0, 0.1) is 17.0 Å². The van der Waals surface area contributed by atoms with Crippen molar-refractivity contribution in [3.8, 4) is 11.4 Å². The number of alkyl halides is 1. The van der Waals surface area contributed by atoms with Crippen molar-refractivity contribution in [1.82, 2.24) is 24.3 Å². The number of nitrogens with zero attached hydrogens (tertiary/aromatic N) is 6. The number of halogens is 2. The van der Waals surface area contributed by atoms with Gasteiger partial charge in [-0.05, 0) is 47.9 Å². The molecule has 8 nitrogen and oxygen atoms in total. The molecule has 1 fully saturated rings. The Morgan fingerprint density at radius 3 is 2.59 bits per heavy atom. The Balaban J connectivity index is 0.000000707. The second kappa shape index (κ2) is 10.4. The first-order valence-electron chi connectivity index (χ1n) is 8.73. The standard InChI is InChI=1S/C14H13FIN6O2P.C2H6.H2S2/c1-8-9-5-17-10(13-12(22(23)24)6-21(19-13)25-16)4-11(9)20(18-8)7-14(15)2-3-14;2*1-2/h4-6,25H,2-3,7H2,1H3;1-2H3;1-2H. The van der Waals surface area contributed by atoms with Crippen LogP contribution in [0.3, 0.4) is 0 Å². The molecular formula is C16H21FIN6O2PS2. The van der Waals surface area contributed by atoms with Gasteiger partial charge in [0.05, 0.1) is 34.7 Å². The van der Waals surface area contributed by atoms with Crippen molar-refractivity contribution in [2.75, 3.05) is 0 Å². The van der Waals surface area contributed by atoms with Gasteiger partial charge < -0.3 is 0 Å². The Labute approximate surface area is 192 Å². The minimum absolute atomic E-state index is 0.0945. The van der Waals surface area contributed by atoms with E-state index < -0.39 is 10.6 Å². The van der Waals surface area contributed by atoms with E-state index in [0.29, 0.717) is 24.1 Å². The molecular weight excluding hydrogens is 549 g/mol. The van der Waals surface area contributed by atoms with E-state index >= 15 is 0 Å². The molecule has 3 heterocycles. The number of pyridine rings is 1. The number of rotatable bonds is 5. The van der Waals surface area contributed by atoms with Crippen LogP contribution in [-0.4, -0.2) is 34.9 Å². The zero-order valence-electron chi connectivity index (χ0n) is 16.0. The number of aromatic nitrogens is 5. The Bertz CT molecular complexity index is 1010. The highest BCUT2D eigenvalue weighted by Gasteiger charge is 2.44. The van der Waals surface area contributed by atoms with Crippen LogP contribution in [0.15, 0.2) is 18.5 Å². The normalized spacial score (nSPS) is 14.3. The molecule has 4 rings (SSSR count). The highest BCUT2D eigenvalue weighted by atomic mass is 127. The van der Waals surface area contributed by atoms with Gasteiger partial charge in [0.15, 0.2) is 5.69 Å². The highest BCUT2D eigenvalue weighted by Crippen LogP contribution is 2.42. The van der Waals surface area contributed by atoms with Crippen LogP contribution in [0.2, 0.25) is 0 Å². The molecule has 13 heteroatoms. The lowest BCUT2D eigenvalue weighted by Crippen LogP contribution is -2.13. The fourth-order valence-corrected chi connectivity index (χ4v) is 3.81. The van der Waals surface area contributed by atoms with Crippen molar-refractivity contribution in [2.24, 2.45) is 0 Å². The van der Waals surface area contributed by atoms with Crippen LogP contribution in [0.5, 0.6) is 0 Å². The van der Waals surface area contributed by atoms with Gasteiger partial charge in [0, 0.05) is 11.6 Å². The average molecular weight is 570 g/mol. The Kier molecular flexibility index (Phi) is 8.68. The van der Waals surface area contributed by atoms with Crippen LogP contribution in [0.4, 0.5) is 10.1 Å². The van der Waals surface area contributed by atoms with Gasteiger partial charge in [0.25, 0.3) is 0 Å². The van der Waals surface area contributed by atoms with Crippen LogP contribution in [-0.2, 0) is 6.54 Å². The summed E-state index contributed by atoms with van der Waals surface area (Å²) in [4.78, 5) is 15.2. The number of hydrogen-bond donors (Lipinski definition) is 2. The molecule has 0 saturated heterocycles. The first kappa shape index (κ1) is 24.3. The molecule has 0 aliphatic heterocycles. The summed E-state index contributed by atoms with van der Waals surface area (Å²) in [6.07, 6.45) is 4.34. The van der Waals surface area contributed by atoms with E-state index in [1.807, 2.05) is 20.8 Å². The highest BCUT2D eigenvalue weighted by molar-refractivity contribution is 14.2. The minimum Gasteiger partial charge on any atom is -0.261 e. The van der Waals surface area contributed by atoms with E-state index in [4.69, 9.17) is 0 Å². The summed E-state index contributed by atoms with van der Waals surface area (Å²) in [7, 11) is 0. The molecule has 158 valence electrons. The van der Waals surface area contributed by atoms with Crippen molar-refractivity contribution in [1.29, 1.82) is 0 Å². The van der Waals surface area contributed by atoms with Crippen molar-refractivity contribution in [2.45, 2.75) is 45.8 Å². The number of thiol groups is 2. The Morgan fingerprint density at radius 1 is 1.38 bits per heavy atom. The molecule has 3 aromatic rings. The summed E-state index contributed by atoms with van der Waals surface area (Å²) in [5.41, 5.74) is 0.785. The maximum absolute atomic E-state index is 14.2. The lowest BCUT2D eigenvalue weighted by Gasteiger charge is -2.07. The van der Waals surface area contributed by atoms with Gasteiger partial charge in [-0.1, -0.05) is 13.8 Å². The molecule has 1 aliphatic rings. The fraction of sp³-hybridized carbons (Fsp3) is 0.438. The summed E-state index contributed by atoms with van der Waals surface area (Å²) < 4.78 is 17.3. The van der Waals surface area contributed by atoms with Gasteiger partial charge in [0.1, 0.15) is 11.9 Å². The molecule has 1 aliphatic carbocycles. The lowest BCUT2D eigenvalue weighted by molar-refractivity contribution is -0.384. The third-order valence-electron chi connectivity index (χ3n) is 4.27. The van der Waals surface area contributed by atoms with Gasteiger partial charge in [-0.15, -0.1) is 23.3 Å². The van der Waals surface area contributed by atoms with Crippen molar-refractivity contribution >= 4 is 68.3 Å². The topological polar surface area (TPSA) is 91.7 Å². The monoisotopic (exact) mass is 570 g/mol. The first-order valence-corrected chi connectivity index (χ1v) is 14.4. The number of fused-ring (bicyclic) bond motifs is 1. The second-order valence-electron chi connectivity index (χ2n) is 6.13. The molecule has 0 radical (unpaired) electrons. The van der Waals surface area contributed by atoms with E-state index in [9.17, 15) is 14.5 Å². The van der Waals surface area contributed by atoms with Gasteiger partial charge in [-0.3, -0.25) is 19.8 Å². The number of hydrogen-bond acceptors (Lipinski definition) is 7. The van der Waals surface area contributed by atoms with E-state index in [1.54, 1.807) is 16.9 Å². The predicted octanol–water partition coefficient (Wildman–Crippen LogP) is 5.59. The predicted molar refractivity (Wildman–Crippen MR) is 130 cm³/mol. The van der Waals surface area contributed by atoms with Gasteiger partial charge in [0.2, 0.25) is 0 Å². The molecule has 29 heavy (non-hydrogen) atoms. The van der Waals surface area contributed by atoms with Crippen LogP contribution >= 0.6 is 51.7 Å². The van der Waals surface area contributed by atoms with Gasteiger partial charge in [-0.25, -0.2) is 8.84 Å². The third kappa shape index (κ3) is 5.39. The summed E-state index contributed by atoms with van der Waals surface area (Å²) in [6, 6.07) is 1.71. The Hall–Kier alpha value is -0.980. The molecule has 1 saturated carbocycles. The molecule has 1 unspecified atom stereocenters. The lowest BCUT2D eigenvalue weighted by atomic mass is 10.2. The minimum atomic E-state index is -1.19. The smallest absolute Gasteiger partial charge is 0.261 e. The molecule has 0 aromatic carbocycles. The fourth-order valence-electron chi connectivity index (χ4n) is 2.76. The number of aryl methyl sites for hydroxylation is 1. The maximum atomic E-state index is 14.2. The van der Waals surface area contributed by atoms with Gasteiger partial charge >= 0.3 is 5.69 Å². The molecule has 0 amide bonds. The summed E-state index contributed by atoms with van der Waals surface area (Å²) in [5, 5.41) is 20.8. The quantitative estimate of drug-likeness (QED) is 0.104. The van der Waals surface area contributed by atoms with E-state index in [2.05, 4.69) is 60.5 Å². The van der Waals surface area contributed by atoms with E-state index in [-0.39, 0.29) is 24.3 Å². The van der Waals surface area contributed by atoms with Crippen molar-refractivity contribution in [3.63, 3.8) is 0 Å². The van der Waals surface area contributed by atoms with Crippen molar-refractivity contribution < 1.29 is 9.31 Å². The molecule has 3 aromatic heterocycles. The third-order valence-corrected chi connectivity index (χ3v) is 6.15. The SMILES string of the molecule is CC.Cc1nn(CC2(F)CC2)c2cc(-c3nn(PI)cc3[N+](=O)[O-])ncc12.SS. The Morgan fingerprint density at radius 2 is 2.03 bits per heavy atom. The number of nitro groups is 1.